The first-order valence-corrected chi connectivity index (χ1v) is 7.70. The number of benzene rings is 1. The number of nitrogens with one attached hydrogen (secondary N) is 1. The molecule has 0 spiro atoms. The first kappa shape index (κ1) is 16.4. The van der Waals surface area contributed by atoms with Crippen LogP contribution < -0.4 is 10.2 Å². The number of aromatic nitrogens is 3. The molecule has 3 rings (SSSR count). The average molecular weight is 335 g/mol. The van der Waals surface area contributed by atoms with Gasteiger partial charge in [0.15, 0.2) is 12.4 Å². The topological polar surface area (TPSA) is 86.2 Å². The van der Waals surface area contributed by atoms with Gasteiger partial charge in [0.1, 0.15) is 0 Å². The quantitative estimate of drug-likeness (QED) is 0.342. The number of rotatable bonds is 4. The molecule has 7 nitrogen and oxygen atoms in total. The highest BCUT2D eigenvalue weighted by Crippen LogP contribution is 2.16. The van der Waals surface area contributed by atoms with Gasteiger partial charge in [-0.3, -0.25) is 4.79 Å². The highest BCUT2D eigenvalue weighted by molar-refractivity contribution is 5.94. The maximum absolute atomic E-state index is 12.0. The second-order valence-corrected chi connectivity index (χ2v) is 5.48. The Labute approximate surface area is 144 Å². The first-order chi connectivity index (χ1) is 12.1. The van der Waals surface area contributed by atoms with E-state index in [1.165, 1.54) is 24.5 Å². The largest absolute Gasteiger partial charge is 0.619 e. The van der Waals surface area contributed by atoms with E-state index in [9.17, 15) is 10.0 Å². The molecule has 7 heteroatoms. The van der Waals surface area contributed by atoms with Crippen LogP contribution in [0.3, 0.4) is 0 Å². The van der Waals surface area contributed by atoms with Crippen LogP contribution >= 0.6 is 0 Å². The van der Waals surface area contributed by atoms with E-state index in [1.54, 1.807) is 6.21 Å². The van der Waals surface area contributed by atoms with E-state index in [4.69, 9.17) is 0 Å². The number of para-hydroxylation sites is 1. The van der Waals surface area contributed by atoms with Gasteiger partial charge in [-0.1, -0.05) is 18.2 Å². The van der Waals surface area contributed by atoms with Gasteiger partial charge in [-0.15, -0.1) is 0 Å². The van der Waals surface area contributed by atoms with Crippen LogP contribution in [0.1, 0.15) is 27.3 Å². The number of amides is 1. The predicted octanol–water partition coefficient (Wildman–Crippen LogP) is 1.89. The smallest absolute Gasteiger partial charge is 0.271 e. The van der Waals surface area contributed by atoms with E-state index >= 15 is 0 Å². The molecule has 126 valence electrons. The summed E-state index contributed by atoms with van der Waals surface area (Å²) in [6, 6.07) is 12.7. The average Bonchev–Trinajstić information content (AvgIpc) is 2.91. The molecule has 0 radical (unpaired) electrons. The van der Waals surface area contributed by atoms with Gasteiger partial charge in [0.25, 0.3) is 5.91 Å². The fraction of sp³-hybridized carbons (Fsp3) is 0.111. The molecule has 2 aromatic heterocycles. The summed E-state index contributed by atoms with van der Waals surface area (Å²) < 4.78 is 2.45. The summed E-state index contributed by atoms with van der Waals surface area (Å²) in [5.41, 5.74) is 6.35. The van der Waals surface area contributed by atoms with Gasteiger partial charge in [0, 0.05) is 17.7 Å². The Morgan fingerprint density at radius 1 is 1.20 bits per heavy atom. The van der Waals surface area contributed by atoms with Crippen molar-refractivity contribution in [2.75, 3.05) is 0 Å². The zero-order valence-corrected chi connectivity index (χ0v) is 13.9. The molecule has 0 atom stereocenters. The van der Waals surface area contributed by atoms with Crippen molar-refractivity contribution in [2.24, 2.45) is 5.10 Å². The Bertz CT molecular complexity index is 915. The van der Waals surface area contributed by atoms with E-state index in [0.29, 0.717) is 10.3 Å². The second-order valence-electron chi connectivity index (χ2n) is 5.48. The normalized spacial score (nSPS) is 11.0. The summed E-state index contributed by atoms with van der Waals surface area (Å²) in [7, 11) is 0. The fourth-order valence-electron chi connectivity index (χ4n) is 2.45. The number of hydrogen-bond acceptors (Lipinski definition) is 4. The third-order valence-corrected chi connectivity index (χ3v) is 3.77. The molecule has 2 heterocycles. The van der Waals surface area contributed by atoms with Gasteiger partial charge >= 0.3 is 0 Å². The third kappa shape index (κ3) is 3.55. The second kappa shape index (κ2) is 6.96. The van der Waals surface area contributed by atoms with Crippen molar-refractivity contribution >= 4 is 12.1 Å². The van der Waals surface area contributed by atoms with Gasteiger partial charge in [-0.25, -0.2) is 10.1 Å². The summed E-state index contributed by atoms with van der Waals surface area (Å²) in [6.45, 7) is 3.83. The Hall–Kier alpha value is -3.48. The van der Waals surface area contributed by atoms with E-state index in [0.717, 1.165) is 22.6 Å². The maximum Gasteiger partial charge on any atom is 0.271 e. The van der Waals surface area contributed by atoms with Crippen molar-refractivity contribution in [1.82, 2.24) is 15.2 Å². The van der Waals surface area contributed by atoms with Crippen LogP contribution in [0, 0.1) is 19.1 Å². The van der Waals surface area contributed by atoms with Crippen LogP contribution in [0.25, 0.3) is 5.69 Å². The van der Waals surface area contributed by atoms with Gasteiger partial charge in [-0.05, 0) is 26.0 Å². The molecule has 1 amide bonds. The number of pyridine rings is 1. The standard InChI is InChI=1S/C18H17N5O2/c1-13-17(14(2)23(21-13)16-6-4-3-5-7-16)12-19-20-18(24)15-8-10-22(25)11-9-15/h3-12H,1-2H3,(H,20,24). The number of hydrazone groups is 1. The molecule has 3 aromatic rings. The van der Waals surface area contributed by atoms with Crippen LogP contribution in [0.15, 0.2) is 60.0 Å². The van der Waals surface area contributed by atoms with Crippen LogP contribution in [-0.4, -0.2) is 21.9 Å². The van der Waals surface area contributed by atoms with Gasteiger partial charge in [-0.2, -0.15) is 14.9 Å². The van der Waals surface area contributed by atoms with E-state index in [2.05, 4.69) is 15.6 Å². The van der Waals surface area contributed by atoms with E-state index in [1.807, 2.05) is 48.9 Å². The SMILES string of the molecule is Cc1nn(-c2ccccc2)c(C)c1C=NNC(=O)c1cc[n+]([O-])cc1. The lowest BCUT2D eigenvalue weighted by atomic mass is 10.2. The molecule has 0 saturated carbocycles. The van der Waals surface area contributed by atoms with Crippen molar-refractivity contribution < 1.29 is 9.52 Å². The van der Waals surface area contributed by atoms with Crippen molar-refractivity contribution in [3.63, 3.8) is 0 Å². The molecule has 0 unspecified atom stereocenters. The molecule has 1 aromatic carbocycles. The fourth-order valence-corrected chi connectivity index (χ4v) is 2.45. The monoisotopic (exact) mass is 335 g/mol. The molecular formula is C18H17N5O2. The summed E-state index contributed by atoms with van der Waals surface area (Å²) in [5.74, 6) is -0.386. The highest BCUT2D eigenvalue weighted by atomic mass is 16.5. The lowest BCUT2D eigenvalue weighted by Crippen LogP contribution is -2.26. The van der Waals surface area contributed by atoms with Crippen molar-refractivity contribution in [3.05, 3.63) is 82.6 Å². The number of nitrogens with zero attached hydrogens (tertiary/aromatic N) is 4. The Balaban J connectivity index is 1.77. The minimum atomic E-state index is -0.386. The minimum absolute atomic E-state index is 0.359. The summed E-state index contributed by atoms with van der Waals surface area (Å²) in [4.78, 5) is 12.0. The Morgan fingerprint density at radius 3 is 2.56 bits per heavy atom. The predicted molar refractivity (Wildman–Crippen MR) is 93.5 cm³/mol. The van der Waals surface area contributed by atoms with Crippen molar-refractivity contribution in [2.45, 2.75) is 13.8 Å². The molecule has 0 aliphatic heterocycles. The highest BCUT2D eigenvalue weighted by Gasteiger charge is 2.11. The molecule has 0 aliphatic carbocycles. The summed E-state index contributed by atoms with van der Waals surface area (Å²) in [5, 5.41) is 19.5. The van der Waals surface area contributed by atoms with Gasteiger partial charge in [0.2, 0.25) is 0 Å². The zero-order chi connectivity index (χ0) is 17.8. The molecule has 0 fully saturated rings. The molecule has 0 bridgehead atoms. The molecular weight excluding hydrogens is 318 g/mol. The number of hydrogen-bond donors (Lipinski definition) is 1. The van der Waals surface area contributed by atoms with Crippen LogP contribution in [0.2, 0.25) is 0 Å². The molecule has 1 N–H and O–H groups in total. The Morgan fingerprint density at radius 2 is 1.88 bits per heavy atom. The summed E-state index contributed by atoms with van der Waals surface area (Å²) in [6.07, 6.45) is 4.10. The molecule has 0 aliphatic rings. The maximum atomic E-state index is 12.0. The number of carbonyl (C=O) groups excluding carboxylic acids is 1. The van der Waals surface area contributed by atoms with E-state index in [-0.39, 0.29) is 5.91 Å². The number of carbonyl (C=O) groups is 1. The lowest BCUT2D eigenvalue weighted by Gasteiger charge is -2.03. The first-order valence-electron chi connectivity index (χ1n) is 7.70. The van der Waals surface area contributed by atoms with Crippen LogP contribution in [0.5, 0.6) is 0 Å². The zero-order valence-electron chi connectivity index (χ0n) is 13.9. The Kier molecular flexibility index (Phi) is 4.56. The van der Waals surface area contributed by atoms with Gasteiger partial charge < -0.3 is 5.21 Å². The van der Waals surface area contributed by atoms with Crippen molar-refractivity contribution in [1.29, 1.82) is 0 Å². The van der Waals surface area contributed by atoms with Crippen molar-refractivity contribution in [3.8, 4) is 5.69 Å². The van der Waals surface area contributed by atoms with Gasteiger partial charge in [0.05, 0.1) is 28.9 Å². The van der Waals surface area contributed by atoms with Crippen LogP contribution in [0.4, 0.5) is 0 Å². The van der Waals surface area contributed by atoms with E-state index < -0.39 is 0 Å². The minimum Gasteiger partial charge on any atom is -0.619 e. The lowest BCUT2D eigenvalue weighted by molar-refractivity contribution is -0.605. The molecule has 25 heavy (non-hydrogen) atoms. The third-order valence-electron chi connectivity index (χ3n) is 3.77. The number of aryl methyl sites for hydroxylation is 1. The van der Waals surface area contributed by atoms with Crippen LogP contribution in [-0.2, 0) is 0 Å². The molecule has 0 saturated heterocycles. The summed E-state index contributed by atoms with van der Waals surface area (Å²) >= 11 is 0.